The zero-order chi connectivity index (χ0) is 22.1. The van der Waals surface area contributed by atoms with Gasteiger partial charge in [-0.05, 0) is 0 Å². The van der Waals surface area contributed by atoms with Crippen LogP contribution in [0.3, 0.4) is 0 Å². The molecule has 4 aromatic rings. The first kappa shape index (κ1) is 22.5. The number of unbranched alkanes of at least 4 members (excludes halogenated alkanes) is 3. The van der Waals surface area contributed by atoms with Gasteiger partial charge < -0.3 is 0 Å². The van der Waals surface area contributed by atoms with Crippen LogP contribution in [0.25, 0.3) is 0 Å². The van der Waals surface area contributed by atoms with Gasteiger partial charge in [0.1, 0.15) is 0 Å². The molecular weight excluding hydrogens is 403 g/mol. The van der Waals surface area contributed by atoms with Crippen LogP contribution in [0.4, 0.5) is 0 Å². The van der Waals surface area contributed by atoms with E-state index in [0.717, 1.165) is 0 Å². The molecule has 0 bridgehead atoms. The molecule has 0 radical (unpaired) electrons. The van der Waals surface area contributed by atoms with Crippen molar-refractivity contribution < 1.29 is 0 Å². The summed E-state index contributed by atoms with van der Waals surface area (Å²) in [6.45, 7) is 2.16. The topological polar surface area (TPSA) is 0 Å². The summed E-state index contributed by atoms with van der Waals surface area (Å²) in [5.74, 6) is 0. The first-order chi connectivity index (χ1) is 15.8. The molecule has 0 saturated carbocycles. The molecule has 164 valence electrons. The van der Waals surface area contributed by atoms with Crippen LogP contribution in [-0.4, -0.2) is 6.16 Å². The summed E-state index contributed by atoms with van der Waals surface area (Å²) in [6, 6.07) is 42.9. The van der Waals surface area contributed by atoms with Crippen molar-refractivity contribution in [3.63, 3.8) is 0 Å². The fourth-order valence-electron chi connectivity index (χ4n) is 4.93. The quantitative estimate of drug-likeness (QED) is 0.188. The van der Waals surface area contributed by atoms with Crippen LogP contribution in [0, 0.1) is 6.92 Å². The molecule has 4 rings (SSSR count). The van der Waals surface area contributed by atoms with E-state index >= 15 is 0 Å². The molecule has 0 N–H and O–H groups in total. The Morgan fingerprint density at radius 1 is 0.469 bits per heavy atom. The first-order valence-corrected chi connectivity index (χ1v) is 14.2. The zero-order valence-electron chi connectivity index (χ0n) is 19.2. The van der Waals surface area contributed by atoms with Gasteiger partial charge >= 0.3 is 195 Å². The number of hydrogen-bond acceptors (Lipinski definition) is 0. The Labute approximate surface area is 194 Å². The summed E-state index contributed by atoms with van der Waals surface area (Å²) >= 11 is 0. The van der Waals surface area contributed by atoms with Crippen LogP contribution in [0.1, 0.15) is 36.8 Å². The predicted octanol–water partition coefficient (Wildman–Crippen LogP) is 6.82. The molecule has 0 atom stereocenters. The molecule has 0 fully saturated rings. The Hall–Kier alpha value is -2.69. The third-order valence-electron chi connectivity index (χ3n) is 6.69. The minimum absolute atomic E-state index is 1.19. The third kappa shape index (κ3) is 5.37. The molecule has 0 spiro atoms. The predicted molar refractivity (Wildman–Crippen MR) is 145 cm³/mol. The monoisotopic (exact) mass is 438 g/mol. The van der Waals surface area contributed by atoms with Crippen molar-refractivity contribution in [3.05, 3.63) is 126 Å². The van der Waals surface area contributed by atoms with Crippen molar-refractivity contribution in [2.24, 2.45) is 0 Å². The van der Waals surface area contributed by atoms with Crippen molar-refractivity contribution in [1.82, 2.24) is 0 Å². The molecule has 32 heavy (non-hydrogen) atoms. The molecule has 0 unspecified atom stereocenters. The summed E-state index contributed by atoms with van der Waals surface area (Å²) in [5, 5.41) is 4.58. The standard InChI is InChI=1S/C31H35P/c1-27-22-24-28(25-23-27)15-7-2-3-14-26-32(29-16-8-4-9-17-29,30-18-10-5-11-19-30)31-20-12-6-13-21-31/h4-6,8-13,16-25,32H,2-3,7,14-15,26H2,1H3. The van der Waals surface area contributed by atoms with Crippen LogP contribution >= 0.6 is 7.26 Å². The molecule has 1 heteroatoms. The second-order valence-electron chi connectivity index (χ2n) is 8.90. The summed E-state index contributed by atoms with van der Waals surface area (Å²) in [4.78, 5) is 0. The second-order valence-corrected chi connectivity index (χ2v) is 12.9. The fourth-order valence-corrected chi connectivity index (χ4v) is 9.86. The summed E-state index contributed by atoms with van der Waals surface area (Å²) in [7, 11) is -2.05. The van der Waals surface area contributed by atoms with Crippen LogP contribution in [0.2, 0.25) is 0 Å². The molecular formula is C31H35P. The second kappa shape index (κ2) is 11.3. The van der Waals surface area contributed by atoms with E-state index in [1.807, 2.05) is 0 Å². The van der Waals surface area contributed by atoms with Gasteiger partial charge in [-0.1, -0.05) is 0 Å². The molecule has 0 aromatic heterocycles. The Bertz CT molecular complexity index is 957. The van der Waals surface area contributed by atoms with E-state index in [1.165, 1.54) is 65.3 Å². The van der Waals surface area contributed by atoms with E-state index in [0.29, 0.717) is 0 Å². The Kier molecular flexibility index (Phi) is 7.92. The van der Waals surface area contributed by atoms with Gasteiger partial charge in [-0.3, -0.25) is 0 Å². The van der Waals surface area contributed by atoms with Gasteiger partial charge in [0, 0.05) is 0 Å². The molecule has 4 aromatic carbocycles. The van der Waals surface area contributed by atoms with Crippen LogP contribution in [-0.2, 0) is 6.42 Å². The van der Waals surface area contributed by atoms with Gasteiger partial charge in [-0.25, -0.2) is 0 Å². The van der Waals surface area contributed by atoms with Gasteiger partial charge in [0.25, 0.3) is 0 Å². The molecule has 0 aliphatic heterocycles. The minimum atomic E-state index is -2.05. The number of benzene rings is 4. The van der Waals surface area contributed by atoms with Gasteiger partial charge in [-0.2, -0.15) is 0 Å². The fraction of sp³-hybridized carbons (Fsp3) is 0.226. The number of hydrogen-bond donors (Lipinski definition) is 0. The molecule has 0 amide bonds. The Balaban J connectivity index is 1.51. The molecule has 0 aliphatic rings. The van der Waals surface area contributed by atoms with E-state index in [4.69, 9.17) is 0 Å². The molecule has 0 nitrogen and oxygen atoms in total. The Morgan fingerprint density at radius 3 is 1.38 bits per heavy atom. The van der Waals surface area contributed by atoms with Crippen LogP contribution < -0.4 is 15.9 Å². The van der Waals surface area contributed by atoms with E-state index in [-0.39, 0.29) is 0 Å². The van der Waals surface area contributed by atoms with E-state index in [1.54, 1.807) is 0 Å². The van der Waals surface area contributed by atoms with Crippen molar-refractivity contribution in [2.75, 3.05) is 6.16 Å². The SMILES string of the molecule is Cc1ccc(CCCCCC[PH](c2ccccc2)(c2ccccc2)c2ccccc2)cc1. The van der Waals surface area contributed by atoms with Gasteiger partial charge in [0.05, 0.1) is 0 Å². The van der Waals surface area contributed by atoms with E-state index in [2.05, 4.69) is 122 Å². The van der Waals surface area contributed by atoms with Gasteiger partial charge in [0.15, 0.2) is 0 Å². The molecule has 0 saturated heterocycles. The summed E-state index contributed by atoms with van der Waals surface area (Å²) in [5.41, 5.74) is 2.81. The van der Waals surface area contributed by atoms with Gasteiger partial charge in [0.2, 0.25) is 0 Å². The van der Waals surface area contributed by atoms with E-state index < -0.39 is 7.26 Å². The average molecular weight is 439 g/mol. The van der Waals surface area contributed by atoms with Crippen LogP contribution in [0.15, 0.2) is 115 Å². The average Bonchev–Trinajstić information content (AvgIpc) is 2.86. The summed E-state index contributed by atoms with van der Waals surface area (Å²) < 4.78 is 0. The Morgan fingerprint density at radius 2 is 0.906 bits per heavy atom. The maximum atomic E-state index is 2.36. The molecule has 0 heterocycles. The number of rotatable bonds is 10. The normalized spacial score (nSPS) is 11.9. The van der Waals surface area contributed by atoms with Crippen LogP contribution in [0.5, 0.6) is 0 Å². The van der Waals surface area contributed by atoms with Crippen molar-refractivity contribution in [3.8, 4) is 0 Å². The summed E-state index contributed by atoms with van der Waals surface area (Å²) in [6.07, 6.45) is 7.61. The molecule has 0 aliphatic carbocycles. The van der Waals surface area contributed by atoms with Gasteiger partial charge in [-0.15, -0.1) is 0 Å². The first-order valence-electron chi connectivity index (χ1n) is 12.0. The number of aryl methyl sites for hydroxylation is 2. The third-order valence-corrected chi connectivity index (χ3v) is 11.7. The van der Waals surface area contributed by atoms with Crippen molar-refractivity contribution >= 4 is 23.2 Å². The van der Waals surface area contributed by atoms with Crippen molar-refractivity contribution in [1.29, 1.82) is 0 Å². The zero-order valence-corrected chi connectivity index (χ0v) is 20.2. The van der Waals surface area contributed by atoms with E-state index in [9.17, 15) is 0 Å². The maximum absolute atomic E-state index is 2.36. The van der Waals surface area contributed by atoms with Crippen molar-refractivity contribution in [2.45, 2.75) is 39.0 Å².